The topological polar surface area (TPSA) is 65.7 Å². The molecule has 0 aliphatic rings. The van der Waals surface area contributed by atoms with Gasteiger partial charge >= 0.3 is 5.97 Å². The van der Waals surface area contributed by atoms with Crippen molar-refractivity contribution in [1.82, 2.24) is 0 Å². The van der Waals surface area contributed by atoms with Crippen molar-refractivity contribution in [2.24, 2.45) is 0 Å². The minimum atomic E-state index is -0.547. The van der Waals surface area contributed by atoms with Crippen molar-refractivity contribution in [1.29, 1.82) is 0 Å². The van der Waals surface area contributed by atoms with Crippen LogP contribution in [0.2, 0.25) is 0 Å². The molecule has 4 aromatic rings. The number of hydrogen-bond acceptors (Lipinski definition) is 5. The number of esters is 1. The molecule has 0 saturated heterocycles. The molecule has 1 heterocycles. The Morgan fingerprint density at radius 3 is 2.30 bits per heavy atom. The van der Waals surface area contributed by atoms with Gasteiger partial charge in [0.15, 0.2) is 5.43 Å². The quantitative estimate of drug-likeness (QED) is 0.268. The molecular formula is C28H24O5. The van der Waals surface area contributed by atoms with Gasteiger partial charge in [0.2, 0.25) is 0 Å². The standard InChI is InChI=1S/C28H24O5/c1-4-31-23-13-11-21(12-14-23)22-16-24(29)27-18(2)32-19(3)28(27)25(17-22)33-26(30)15-10-20-8-6-5-7-9-20/h5-17H,4H2,1-3H3. The zero-order valence-corrected chi connectivity index (χ0v) is 18.8. The predicted octanol–water partition coefficient (Wildman–Crippen LogP) is 6.09. The first-order chi connectivity index (χ1) is 16.0. The molecule has 1 aromatic heterocycles. The van der Waals surface area contributed by atoms with Gasteiger partial charge in [-0.25, -0.2) is 4.79 Å². The van der Waals surface area contributed by atoms with Crippen LogP contribution < -0.4 is 14.9 Å². The molecule has 0 N–H and O–H groups in total. The van der Waals surface area contributed by atoms with E-state index in [4.69, 9.17) is 13.9 Å². The summed E-state index contributed by atoms with van der Waals surface area (Å²) in [6, 6.07) is 20.1. The molecule has 166 valence electrons. The van der Waals surface area contributed by atoms with E-state index in [-0.39, 0.29) is 11.2 Å². The maximum atomic E-state index is 13.1. The van der Waals surface area contributed by atoms with Crippen LogP contribution in [0, 0.1) is 13.8 Å². The molecule has 3 aromatic carbocycles. The van der Waals surface area contributed by atoms with Crippen LogP contribution in [0.3, 0.4) is 0 Å². The Hall–Kier alpha value is -4.12. The minimum Gasteiger partial charge on any atom is -0.494 e. The number of hydrogen-bond donors (Lipinski definition) is 0. The molecule has 4 rings (SSSR count). The Kier molecular flexibility index (Phi) is 6.41. The maximum absolute atomic E-state index is 13.1. The van der Waals surface area contributed by atoms with Crippen molar-refractivity contribution in [2.75, 3.05) is 6.61 Å². The molecule has 0 radical (unpaired) electrons. The van der Waals surface area contributed by atoms with Gasteiger partial charge in [-0.1, -0.05) is 42.5 Å². The van der Waals surface area contributed by atoms with Crippen LogP contribution in [0.4, 0.5) is 0 Å². The van der Waals surface area contributed by atoms with Crippen molar-refractivity contribution in [3.8, 4) is 22.6 Å². The summed E-state index contributed by atoms with van der Waals surface area (Å²) in [6.07, 6.45) is 3.05. The zero-order chi connectivity index (χ0) is 23.4. The van der Waals surface area contributed by atoms with Gasteiger partial charge in [0, 0.05) is 6.08 Å². The Bertz CT molecular complexity index is 1380. The van der Waals surface area contributed by atoms with Crippen LogP contribution in [0.25, 0.3) is 28.0 Å². The van der Waals surface area contributed by atoms with Crippen molar-refractivity contribution in [3.63, 3.8) is 0 Å². The van der Waals surface area contributed by atoms with E-state index >= 15 is 0 Å². The summed E-state index contributed by atoms with van der Waals surface area (Å²) in [7, 11) is 0. The predicted molar refractivity (Wildman–Crippen MR) is 130 cm³/mol. The van der Waals surface area contributed by atoms with Gasteiger partial charge in [-0.2, -0.15) is 0 Å². The van der Waals surface area contributed by atoms with E-state index in [2.05, 4.69) is 0 Å². The molecule has 0 unspecified atom stereocenters. The fraction of sp³-hybridized carbons (Fsp3) is 0.143. The van der Waals surface area contributed by atoms with Crippen LogP contribution >= 0.6 is 0 Å². The zero-order valence-electron chi connectivity index (χ0n) is 18.8. The molecule has 5 heteroatoms. The SMILES string of the molecule is CCOc1ccc(-c2cc(OC(=O)C=Cc3ccccc3)c3c(C)oc(C)c3c(=O)c2)cc1. The van der Waals surface area contributed by atoms with Gasteiger partial charge in [0.25, 0.3) is 0 Å². The highest BCUT2D eigenvalue weighted by molar-refractivity contribution is 5.96. The number of benzene rings is 2. The third-order valence-electron chi connectivity index (χ3n) is 5.25. The van der Waals surface area contributed by atoms with Crippen LogP contribution in [-0.4, -0.2) is 12.6 Å². The molecule has 0 amide bonds. The van der Waals surface area contributed by atoms with Gasteiger partial charge in [0.1, 0.15) is 23.0 Å². The van der Waals surface area contributed by atoms with Gasteiger partial charge in [-0.15, -0.1) is 0 Å². The van der Waals surface area contributed by atoms with E-state index in [0.29, 0.717) is 34.5 Å². The molecule has 0 bridgehead atoms. The second-order valence-corrected chi connectivity index (χ2v) is 7.56. The average Bonchev–Trinajstić information content (AvgIpc) is 3.02. The lowest BCUT2D eigenvalue weighted by atomic mass is 10.1. The smallest absolute Gasteiger partial charge is 0.336 e. The molecule has 33 heavy (non-hydrogen) atoms. The normalized spacial score (nSPS) is 11.1. The van der Waals surface area contributed by atoms with E-state index in [9.17, 15) is 9.59 Å². The van der Waals surface area contributed by atoms with Crippen molar-refractivity contribution in [3.05, 3.63) is 100 Å². The molecule has 5 nitrogen and oxygen atoms in total. The molecule has 0 atom stereocenters. The van der Waals surface area contributed by atoms with E-state index in [0.717, 1.165) is 16.9 Å². The van der Waals surface area contributed by atoms with Crippen LogP contribution in [0.5, 0.6) is 11.5 Å². The third-order valence-corrected chi connectivity index (χ3v) is 5.25. The Morgan fingerprint density at radius 1 is 0.909 bits per heavy atom. The number of fused-ring (bicyclic) bond motifs is 1. The minimum absolute atomic E-state index is 0.203. The van der Waals surface area contributed by atoms with Crippen molar-refractivity contribution in [2.45, 2.75) is 20.8 Å². The summed E-state index contributed by atoms with van der Waals surface area (Å²) in [5.74, 6) is 1.47. The van der Waals surface area contributed by atoms with Crippen molar-refractivity contribution < 1.29 is 18.7 Å². The van der Waals surface area contributed by atoms with E-state index in [1.54, 1.807) is 26.0 Å². The lowest BCUT2D eigenvalue weighted by molar-refractivity contribution is -0.128. The highest BCUT2D eigenvalue weighted by Gasteiger charge is 2.18. The highest BCUT2D eigenvalue weighted by Crippen LogP contribution is 2.34. The number of carbonyl (C=O) groups excluding carboxylic acids is 1. The molecule has 0 aliphatic heterocycles. The fourth-order valence-electron chi connectivity index (χ4n) is 3.77. The number of aryl methyl sites for hydroxylation is 2. The monoisotopic (exact) mass is 440 g/mol. The first-order valence-corrected chi connectivity index (χ1v) is 10.7. The summed E-state index contributed by atoms with van der Waals surface area (Å²) in [4.78, 5) is 25.8. The van der Waals surface area contributed by atoms with E-state index in [1.807, 2.05) is 61.5 Å². The second kappa shape index (κ2) is 9.57. The summed E-state index contributed by atoms with van der Waals surface area (Å²) < 4.78 is 16.9. The average molecular weight is 440 g/mol. The first-order valence-electron chi connectivity index (χ1n) is 10.7. The highest BCUT2D eigenvalue weighted by atomic mass is 16.5. The Labute approximate surface area is 191 Å². The maximum Gasteiger partial charge on any atom is 0.336 e. The number of carbonyl (C=O) groups is 1. The number of furan rings is 1. The summed E-state index contributed by atoms with van der Waals surface area (Å²) in [5, 5.41) is 0.899. The summed E-state index contributed by atoms with van der Waals surface area (Å²) in [5.41, 5.74) is 2.11. The molecule has 0 saturated carbocycles. The van der Waals surface area contributed by atoms with Crippen molar-refractivity contribution >= 4 is 22.8 Å². The van der Waals surface area contributed by atoms with E-state index < -0.39 is 5.97 Å². The number of ether oxygens (including phenoxy) is 2. The first kappa shape index (κ1) is 22.1. The van der Waals surface area contributed by atoms with Gasteiger partial charge < -0.3 is 13.9 Å². The lowest BCUT2D eigenvalue weighted by Crippen LogP contribution is -2.04. The van der Waals surface area contributed by atoms with Gasteiger partial charge in [-0.3, -0.25) is 4.79 Å². The largest absolute Gasteiger partial charge is 0.494 e. The molecule has 0 aliphatic carbocycles. The summed E-state index contributed by atoms with van der Waals surface area (Å²) >= 11 is 0. The fourth-order valence-corrected chi connectivity index (χ4v) is 3.77. The van der Waals surface area contributed by atoms with Gasteiger partial charge in [0.05, 0.1) is 17.4 Å². The Balaban J connectivity index is 1.79. The molecule has 0 spiro atoms. The van der Waals surface area contributed by atoms with Crippen LogP contribution in [0.15, 0.2) is 82.0 Å². The Morgan fingerprint density at radius 2 is 1.61 bits per heavy atom. The van der Waals surface area contributed by atoms with Gasteiger partial charge in [-0.05, 0) is 67.8 Å². The number of rotatable bonds is 6. The molecule has 0 fully saturated rings. The third kappa shape index (κ3) is 4.88. The van der Waals surface area contributed by atoms with Crippen LogP contribution in [0.1, 0.15) is 24.0 Å². The van der Waals surface area contributed by atoms with E-state index in [1.165, 1.54) is 12.1 Å². The van der Waals surface area contributed by atoms with Crippen LogP contribution in [-0.2, 0) is 4.79 Å². The summed E-state index contributed by atoms with van der Waals surface area (Å²) in [6.45, 7) is 5.97. The second-order valence-electron chi connectivity index (χ2n) is 7.56. The lowest BCUT2D eigenvalue weighted by Gasteiger charge is -2.05. The molecular weight excluding hydrogens is 416 g/mol.